The highest BCUT2D eigenvalue weighted by molar-refractivity contribution is 7.99. The van der Waals surface area contributed by atoms with Gasteiger partial charge in [0.15, 0.2) is 5.43 Å². The molecule has 0 atom stereocenters. The molecule has 7 nitrogen and oxygen atoms in total. The third-order valence-electron chi connectivity index (χ3n) is 5.46. The second kappa shape index (κ2) is 9.50. The number of benzene rings is 2. The molecule has 9 heteroatoms. The first-order valence-electron chi connectivity index (χ1n) is 10.3. The summed E-state index contributed by atoms with van der Waals surface area (Å²) in [6.07, 6.45) is 1.91. The zero-order valence-electron chi connectivity index (χ0n) is 17.5. The fourth-order valence-corrected chi connectivity index (χ4v) is 4.66. The molecule has 0 aliphatic carbocycles. The summed E-state index contributed by atoms with van der Waals surface area (Å²) in [5, 5.41) is 19.5. The maximum absolute atomic E-state index is 13.4. The van der Waals surface area contributed by atoms with E-state index in [-0.39, 0.29) is 17.9 Å². The number of anilines is 1. The van der Waals surface area contributed by atoms with E-state index in [1.54, 1.807) is 22.8 Å². The molecule has 0 spiro atoms. The number of pyridine rings is 1. The standard InChI is InChI=1S/C24H21FN2O5S/c25-16-3-1-15(2-4-16)13-27-14-19(21(28)12-22(29)24(31)32)23(30)18-6-5-17(11-20(18)27)26-7-9-33-10-8-26/h1-6,11-12,14,28H,7-10,13H2,(H,31,32). The third-order valence-corrected chi connectivity index (χ3v) is 6.40. The number of hydrogen-bond donors (Lipinski definition) is 2. The van der Waals surface area contributed by atoms with Gasteiger partial charge in [0.1, 0.15) is 11.6 Å². The van der Waals surface area contributed by atoms with Crippen LogP contribution in [0.1, 0.15) is 11.1 Å². The number of carbonyl (C=O) groups excluding carboxylic acids is 1. The van der Waals surface area contributed by atoms with Crippen molar-refractivity contribution in [1.82, 2.24) is 4.57 Å². The molecule has 1 aliphatic rings. The molecule has 4 rings (SSSR count). The number of carboxylic acid groups (broad SMARTS) is 1. The zero-order valence-corrected chi connectivity index (χ0v) is 18.3. The van der Waals surface area contributed by atoms with Gasteiger partial charge in [-0.15, -0.1) is 0 Å². The second-order valence-electron chi connectivity index (χ2n) is 7.63. The number of halogens is 1. The third kappa shape index (κ3) is 4.93. The minimum absolute atomic E-state index is 0.193. The lowest BCUT2D eigenvalue weighted by Gasteiger charge is -2.29. The molecule has 0 radical (unpaired) electrons. The highest BCUT2D eigenvalue weighted by atomic mass is 32.2. The molecule has 1 saturated heterocycles. The van der Waals surface area contributed by atoms with Crippen molar-refractivity contribution < 1.29 is 24.2 Å². The maximum atomic E-state index is 13.4. The number of carboxylic acids is 1. The molecule has 2 heterocycles. The monoisotopic (exact) mass is 468 g/mol. The van der Waals surface area contributed by atoms with Crippen LogP contribution in [0.25, 0.3) is 16.7 Å². The van der Waals surface area contributed by atoms with E-state index in [0.717, 1.165) is 35.8 Å². The predicted molar refractivity (Wildman–Crippen MR) is 126 cm³/mol. The van der Waals surface area contributed by atoms with Gasteiger partial charge in [0, 0.05) is 54.5 Å². The van der Waals surface area contributed by atoms with Crippen molar-refractivity contribution in [1.29, 1.82) is 0 Å². The summed E-state index contributed by atoms with van der Waals surface area (Å²) in [7, 11) is 0. The Balaban J connectivity index is 1.87. The van der Waals surface area contributed by atoms with Gasteiger partial charge in [-0.2, -0.15) is 11.8 Å². The molecule has 0 saturated carbocycles. The average Bonchev–Trinajstić information content (AvgIpc) is 2.82. The number of rotatable bonds is 6. The number of aliphatic hydroxyl groups is 1. The first-order valence-corrected chi connectivity index (χ1v) is 11.4. The summed E-state index contributed by atoms with van der Waals surface area (Å²) in [6.45, 7) is 2.04. The number of hydrogen-bond acceptors (Lipinski definition) is 6. The molecular formula is C24H21FN2O5S. The number of thioether (sulfide) groups is 1. The number of nitrogens with zero attached hydrogens (tertiary/aromatic N) is 2. The molecule has 2 aromatic carbocycles. The van der Waals surface area contributed by atoms with E-state index in [4.69, 9.17) is 5.11 Å². The largest absolute Gasteiger partial charge is 0.507 e. The number of ketones is 1. The lowest BCUT2D eigenvalue weighted by molar-refractivity contribution is -0.146. The van der Waals surface area contributed by atoms with Crippen LogP contribution in [0.15, 0.2) is 59.5 Å². The van der Waals surface area contributed by atoms with Crippen LogP contribution < -0.4 is 10.3 Å². The van der Waals surface area contributed by atoms with Crippen LogP contribution in [0, 0.1) is 5.82 Å². The Morgan fingerprint density at radius 2 is 1.76 bits per heavy atom. The minimum Gasteiger partial charge on any atom is -0.507 e. The van der Waals surface area contributed by atoms with Crippen molar-refractivity contribution in [2.75, 3.05) is 29.5 Å². The highest BCUT2D eigenvalue weighted by Crippen LogP contribution is 2.25. The van der Waals surface area contributed by atoms with Crippen molar-refractivity contribution in [3.63, 3.8) is 0 Å². The highest BCUT2D eigenvalue weighted by Gasteiger charge is 2.18. The lowest BCUT2D eigenvalue weighted by atomic mass is 10.1. The van der Waals surface area contributed by atoms with Crippen LogP contribution in [0.5, 0.6) is 0 Å². The first kappa shape index (κ1) is 22.6. The molecule has 0 bridgehead atoms. The Hall–Kier alpha value is -3.59. The van der Waals surface area contributed by atoms with Crippen LogP contribution >= 0.6 is 11.8 Å². The summed E-state index contributed by atoms with van der Waals surface area (Å²) < 4.78 is 15.1. The van der Waals surface area contributed by atoms with Gasteiger partial charge in [-0.1, -0.05) is 12.1 Å². The molecular weight excluding hydrogens is 447 g/mol. The second-order valence-corrected chi connectivity index (χ2v) is 8.85. The normalized spacial score (nSPS) is 14.5. The Morgan fingerprint density at radius 3 is 2.42 bits per heavy atom. The van der Waals surface area contributed by atoms with Crippen LogP contribution in [-0.2, 0) is 16.1 Å². The summed E-state index contributed by atoms with van der Waals surface area (Å²) >= 11 is 1.89. The topological polar surface area (TPSA) is 99.8 Å². The van der Waals surface area contributed by atoms with Gasteiger partial charge < -0.3 is 19.7 Å². The van der Waals surface area contributed by atoms with E-state index < -0.39 is 22.9 Å². The summed E-state index contributed by atoms with van der Waals surface area (Å²) in [4.78, 5) is 37.8. The van der Waals surface area contributed by atoms with Gasteiger partial charge in [-0.05, 0) is 35.9 Å². The molecule has 0 amide bonds. The van der Waals surface area contributed by atoms with E-state index in [9.17, 15) is 23.9 Å². The van der Waals surface area contributed by atoms with Gasteiger partial charge in [-0.25, -0.2) is 9.18 Å². The van der Waals surface area contributed by atoms with Crippen molar-refractivity contribution in [3.8, 4) is 0 Å². The van der Waals surface area contributed by atoms with E-state index in [2.05, 4.69) is 4.90 Å². The van der Waals surface area contributed by atoms with Crippen molar-refractivity contribution in [2.45, 2.75) is 6.54 Å². The summed E-state index contributed by atoms with van der Waals surface area (Å²) in [5.41, 5.74) is 1.62. The number of aliphatic carboxylic acids is 1. The van der Waals surface area contributed by atoms with Crippen LogP contribution in [0.4, 0.5) is 10.1 Å². The predicted octanol–water partition coefficient (Wildman–Crippen LogP) is 3.29. The fraction of sp³-hybridized carbons (Fsp3) is 0.208. The molecule has 33 heavy (non-hydrogen) atoms. The van der Waals surface area contributed by atoms with E-state index in [0.29, 0.717) is 17.0 Å². The smallest absolute Gasteiger partial charge is 0.376 e. The lowest BCUT2D eigenvalue weighted by Crippen LogP contribution is -2.32. The number of aromatic nitrogens is 1. The minimum atomic E-state index is -1.74. The van der Waals surface area contributed by atoms with Gasteiger partial charge >= 0.3 is 5.97 Å². The maximum Gasteiger partial charge on any atom is 0.376 e. The van der Waals surface area contributed by atoms with E-state index in [1.165, 1.54) is 18.3 Å². The van der Waals surface area contributed by atoms with Gasteiger partial charge in [-0.3, -0.25) is 9.59 Å². The first-order chi connectivity index (χ1) is 15.8. The number of aliphatic hydroxyl groups excluding tert-OH is 1. The van der Waals surface area contributed by atoms with Crippen molar-refractivity contribution in [2.24, 2.45) is 0 Å². The van der Waals surface area contributed by atoms with E-state index in [1.807, 2.05) is 23.9 Å². The van der Waals surface area contributed by atoms with Crippen molar-refractivity contribution in [3.05, 3.63) is 81.9 Å². The number of carbonyl (C=O) groups is 2. The van der Waals surface area contributed by atoms with Gasteiger partial charge in [0.2, 0.25) is 0 Å². The Bertz CT molecular complexity index is 1310. The molecule has 3 aromatic rings. The Morgan fingerprint density at radius 1 is 1.06 bits per heavy atom. The quantitative estimate of drug-likeness (QED) is 0.325. The molecule has 1 aliphatic heterocycles. The molecule has 1 fully saturated rings. The van der Waals surface area contributed by atoms with Gasteiger partial charge in [0.25, 0.3) is 5.78 Å². The summed E-state index contributed by atoms with van der Waals surface area (Å²) in [5.74, 6) is -2.15. The molecule has 170 valence electrons. The molecule has 1 aromatic heterocycles. The van der Waals surface area contributed by atoms with Crippen LogP contribution in [-0.4, -0.2) is 51.1 Å². The van der Waals surface area contributed by atoms with E-state index >= 15 is 0 Å². The summed E-state index contributed by atoms with van der Waals surface area (Å²) in [6, 6.07) is 11.3. The Kier molecular flexibility index (Phi) is 6.50. The molecule has 2 N–H and O–H groups in total. The fourth-order valence-electron chi connectivity index (χ4n) is 3.76. The van der Waals surface area contributed by atoms with Crippen molar-refractivity contribution >= 4 is 45.9 Å². The Labute approximate surface area is 192 Å². The zero-order chi connectivity index (χ0) is 23.5. The van der Waals surface area contributed by atoms with Crippen LogP contribution in [0.3, 0.4) is 0 Å². The molecule has 0 unspecified atom stereocenters. The SMILES string of the molecule is O=C(O)C(=O)C=C(O)c1cn(Cc2ccc(F)cc2)c2cc(N3CCSCC3)ccc2c1=O. The van der Waals surface area contributed by atoms with Gasteiger partial charge in [0.05, 0.1) is 11.1 Å². The number of fused-ring (bicyclic) bond motifs is 1. The van der Waals surface area contributed by atoms with Crippen LogP contribution in [0.2, 0.25) is 0 Å². The average molecular weight is 469 g/mol.